The summed E-state index contributed by atoms with van der Waals surface area (Å²) in [7, 11) is 1.30. The molecule has 1 rings (SSSR count). The Hall–Kier alpha value is -0.360. The van der Waals surface area contributed by atoms with E-state index in [2.05, 4.69) is 9.72 Å². The third-order valence-corrected chi connectivity index (χ3v) is 3.23. The minimum Gasteiger partial charge on any atom is -0.469 e. The topological polar surface area (TPSA) is 65.2 Å². The number of esters is 1. The molecule has 7 heteroatoms. The fourth-order valence-electron chi connectivity index (χ4n) is 0.872. The Morgan fingerprint density at radius 1 is 1.71 bits per heavy atom. The third kappa shape index (κ3) is 2.81. The van der Waals surface area contributed by atoms with Crippen LogP contribution in [-0.2, 0) is 9.53 Å². The molecule has 1 aromatic heterocycles. The van der Waals surface area contributed by atoms with Crippen LogP contribution in [0.5, 0.6) is 0 Å². The van der Waals surface area contributed by atoms with E-state index in [9.17, 15) is 4.79 Å². The van der Waals surface area contributed by atoms with Crippen molar-refractivity contribution in [2.75, 3.05) is 7.11 Å². The van der Waals surface area contributed by atoms with Crippen molar-refractivity contribution in [3.8, 4) is 0 Å². The Morgan fingerprint density at radius 2 is 2.36 bits per heavy atom. The standard InChI is InChI=1S/C7H8Cl2N2O2S/c1-13-4(12)2-3(10)5-6(8)11-7(9)14-5/h3H,2,10H2,1H3/t3-/m1/s1. The molecule has 0 spiro atoms. The van der Waals surface area contributed by atoms with Crippen LogP contribution in [0.25, 0.3) is 0 Å². The SMILES string of the molecule is COC(=O)C[C@@H](N)c1sc(Cl)nc1Cl. The first kappa shape index (κ1) is 11.7. The largest absolute Gasteiger partial charge is 0.469 e. The van der Waals surface area contributed by atoms with Crippen LogP contribution in [0, 0.1) is 0 Å². The van der Waals surface area contributed by atoms with Gasteiger partial charge < -0.3 is 10.5 Å². The maximum Gasteiger partial charge on any atom is 0.307 e. The van der Waals surface area contributed by atoms with Crippen LogP contribution in [-0.4, -0.2) is 18.1 Å². The summed E-state index contributed by atoms with van der Waals surface area (Å²) in [5, 5.41) is 0.247. The number of ether oxygens (including phenoxy) is 1. The van der Waals surface area contributed by atoms with Gasteiger partial charge in [-0.1, -0.05) is 23.2 Å². The van der Waals surface area contributed by atoms with Gasteiger partial charge in [0.2, 0.25) is 0 Å². The van der Waals surface area contributed by atoms with E-state index in [1.165, 1.54) is 7.11 Å². The van der Waals surface area contributed by atoms with Crippen molar-refractivity contribution < 1.29 is 9.53 Å². The number of rotatable bonds is 3. The summed E-state index contributed by atoms with van der Waals surface area (Å²) in [5.74, 6) is -0.391. The van der Waals surface area contributed by atoms with Gasteiger partial charge in [-0.15, -0.1) is 11.3 Å². The molecule has 4 nitrogen and oxygen atoms in total. The fourth-order valence-corrected chi connectivity index (χ4v) is 2.32. The van der Waals surface area contributed by atoms with E-state index >= 15 is 0 Å². The van der Waals surface area contributed by atoms with Gasteiger partial charge >= 0.3 is 5.97 Å². The van der Waals surface area contributed by atoms with Crippen molar-refractivity contribution in [3.05, 3.63) is 14.5 Å². The number of hydrogen-bond donors (Lipinski definition) is 1. The third-order valence-electron chi connectivity index (χ3n) is 1.53. The molecule has 0 aliphatic carbocycles. The van der Waals surface area contributed by atoms with E-state index in [1.54, 1.807) is 0 Å². The lowest BCUT2D eigenvalue weighted by atomic mass is 10.2. The van der Waals surface area contributed by atoms with Crippen molar-refractivity contribution in [2.24, 2.45) is 5.73 Å². The molecule has 0 aliphatic rings. The zero-order valence-electron chi connectivity index (χ0n) is 7.29. The molecule has 0 unspecified atom stereocenters. The first-order chi connectivity index (χ1) is 6.54. The van der Waals surface area contributed by atoms with E-state index in [0.717, 1.165) is 11.3 Å². The fraction of sp³-hybridized carbons (Fsp3) is 0.429. The molecule has 2 N–H and O–H groups in total. The maximum atomic E-state index is 10.9. The first-order valence-electron chi connectivity index (χ1n) is 3.68. The van der Waals surface area contributed by atoms with E-state index < -0.39 is 12.0 Å². The van der Waals surface area contributed by atoms with Gasteiger partial charge in [-0.3, -0.25) is 4.79 Å². The second-order valence-corrected chi connectivity index (χ2v) is 4.48. The Bertz CT molecular complexity index is 342. The minimum atomic E-state index is -0.514. The number of carbonyl (C=O) groups is 1. The van der Waals surface area contributed by atoms with Crippen LogP contribution in [0.15, 0.2) is 0 Å². The monoisotopic (exact) mass is 254 g/mol. The van der Waals surface area contributed by atoms with E-state index in [4.69, 9.17) is 28.9 Å². The molecular formula is C7H8Cl2N2O2S. The van der Waals surface area contributed by atoms with Crippen molar-refractivity contribution >= 4 is 40.5 Å². The van der Waals surface area contributed by atoms with Gasteiger partial charge in [-0.05, 0) is 0 Å². The van der Waals surface area contributed by atoms with Gasteiger partial charge in [0.15, 0.2) is 4.47 Å². The summed E-state index contributed by atoms with van der Waals surface area (Å²) in [4.78, 5) is 15.3. The summed E-state index contributed by atoms with van der Waals surface area (Å²) in [6, 6.07) is -0.514. The molecule has 0 fully saturated rings. The van der Waals surface area contributed by atoms with Crippen LogP contribution >= 0.6 is 34.5 Å². The number of aromatic nitrogens is 1. The average molecular weight is 255 g/mol. The molecule has 14 heavy (non-hydrogen) atoms. The van der Waals surface area contributed by atoms with Gasteiger partial charge in [0.25, 0.3) is 0 Å². The molecule has 0 saturated heterocycles. The zero-order chi connectivity index (χ0) is 10.7. The average Bonchev–Trinajstić information content (AvgIpc) is 2.45. The zero-order valence-corrected chi connectivity index (χ0v) is 9.62. The lowest BCUT2D eigenvalue weighted by Crippen LogP contribution is -2.15. The molecule has 0 saturated carbocycles. The predicted octanol–water partition coefficient (Wildman–Crippen LogP) is 2.01. The molecule has 0 aromatic carbocycles. The second-order valence-electron chi connectivity index (χ2n) is 2.51. The quantitative estimate of drug-likeness (QED) is 0.839. The normalized spacial score (nSPS) is 12.6. The van der Waals surface area contributed by atoms with Crippen LogP contribution in [0.1, 0.15) is 17.3 Å². The molecule has 1 heterocycles. The Balaban J connectivity index is 2.73. The number of carbonyl (C=O) groups excluding carboxylic acids is 1. The van der Waals surface area contributed by atoms with Gasteiger partial charge in [-0.2, -0.15) is 0 Å². The van der Waals surface area contributed by atoms with Crippen LogP contribution in [0.4, 0.5) is 0 Å². The van der Waals surface area contributed by atoms with Gasteiger partial charge in [0.05, 0.1) is 24.4 Å². The highest BCUT2D eigenvalue weighted by atomic mass is 35.5. The lowest BCUT2D eigenvalue weighted by Gasteiger charge is -2.06. The van der Waals surface area contributed by atoms with Gasteiger partial charge in [0, 0.05) is 0 Å². The molecule has 1 aromatic rings. The van der Waals surface area contributed by atoms with E-state index in [0.29, 0.717) is 9.34 Å². The predicted molar refractivity (Wildman–Crippen MR) is 55.7 cm³/mol. The van der Waals surface area contributed by atoms with E-state index in [1.807, 2.05) is 0 Å². The van der Waals surface area contributed by atoms with E-state index in [-0.39, 0.29) is 11.6 Å². The summed E-state index contributed by atoms with van der Waals surface area (Å²) >= 11 is 12.5. The smallest absolute Gasteiger partial charge is 0.307 e. The first-order valence-corrected chi connectivity index (χ1v) is 5.26. The minimum absolute atomic E-state index is 0.0642. The number of halogens is 2. The highest BCUT2D eigenvalue weighted by Gasteiger charge is 2.18. The highest BCUT2D eigenvalue weighted by molar-refractivity contribution is 7.16. The highest BCUT2D eigenvalue weighted by Crippen LogP contribution is 2.32. The van der Waals surface area contributed by atoms with Crippen molar-refractivity contribution in [3.63, 3.8) is 0 Å². The lowest BCUT2D eigenvalue weighted by molar-refractivity contribution is -0.141. The summed E-state index contributed by atoms with van der Waals surface area (Å²) < 4.78 is 4.79. The van der Waals surface area contributed by atoms with Gasteiger partial charge in [0.1, 0.15) is 5.15 Å². The van der Waals surface area contributed by atoms with Crippen LogP contribution in [0.3, 0.4) is 0 Å². The molecule has 1 atom stereocenters. The molecule has 78 valence electrons. The molecular weight excluding hydrogens is 247 g/mol. The molecule has 0 aliphatic heterocycles. The molecule has 0 bridgehead atoms. The summed E-state index contributed by atoms with van der Waals surface area (Å²) in [6.07, 6.45) is 0.0642. The number of hydrogen-bond acceptors (Lipinski definition) is 5. The number of thiazole rings is 1. The Kier molecular flexibility index (Phi) is 4.12. The summed E-state index contributed by atoms with van der Waals surface area (Å²) in [5.41, 5.74) is 5.71. The Morgan fingerprint density at radius 3 is 2.79 bits per heavy atom. The van der Waals surface area contributed by atoms with Crippen molar-refractivity contribution in [1.82, 2.24) is 4.98 Å². The molecule has 0 radical (unpaired) electrons. The van der Waals surface area contributed by atoms with Gasteiger partial charge in [-0.25, -0.2) is 4.98 Å². The van der Waals surface area contributed by atoms with Crippen molar-refractivity contribution in [2.45, 2.75) is 12.5 Å². The Labute approximate surface area is 95.0 Å². The number of nitrogens with two attached hydrogens (primary N) is 1. The number of methoxy groups -OCH3 is 1. The van der Waals surface area contributed by atoms with Crippen LogP contribution < -0.4 is 5.73 Å². The second kappa shape index (κ2) is 4.93. The van der Waals surface area contributed by atoms with Crippen LogP contribution in [0.2, 0.25) is 9.62 Å². The maximum absolute atomic E-state index is 10.9. The summed E-state index contributed by atoms with van der Waals surface area (Å²) in [6.45, 7) is 0. The number of nitrogens with zero attached hydrogens (tertiary/aromatic N) is 1. The molecule has 0 amide bonds. The van der Waals surface area contributed by atoms with Crippen molar-refractivity contribution in [1.29, 1.82) is 0 Å².